The Morgan fingerprint density at radius 1 is 1.47 bits per heavy atom. The van der Waals surface area contributed by atoms with Gasteiger partial charge in [-0.25, -0.2) is 4.79 Å². The summed E-state index contributed by atoms with van der Waals surface area (Å²) in [6, 6.07) is -0.195. The van der Waals surface area contributed by atoms with Gasteiger partial charge in [0, 0.05) is 20.2 Å². The summed E-state index contributed by atoms with van der Waals surface area (Å²) in [6.45, 7) is 4.37. The smallest absolute Gasteiger partial charge is 0.317 e. The van der Waals surface area contributed by atoms with Crippen molar-refractivity contribution in [2.45, 2.75) is 45.3 Å². The van der Waals surface area contributed by atoms with E-state index >= 15 is 0 Å². The van der Waals surface area contributed by atoms with Crippen LogP contribution in [0.15, 0.2) is 0 Å². The van der Waals surface area contributed by atoms with Crippen LogP contribution < -0.4 is 5.32 Å². The van der Waals surface area contributed by atoms with Crippen LogP contribution in [0.5, 0.6) is 0 Å². The average Bonchev–Trinajstić information content (AvgIpc) is 2.76. The first-order valence-corrected chi connectivity index (χ1v) is 6.81. The van der Waals surface area contributed by atoms with Crippen LogP contribution >= 0.6 is 0 Å². The lowest BCUT2D eigenvalue weighted by Crippen LogP contribution is -2.48. The quantitative estimate of drug-likeness (QED) is 0.764. The molecule has 1 saturated carbocycles. The van der Waals surface area contributed by atoms with Crippen molar-refractivity contribution < 1.29 is 19.4 Å². The number of urea groups is 1. The zero-order valence-corrected chi connectivity index (χ0v) is 11.9. The van der Waals surface area contributed by atoms with Crippen LogP contribution in [-0.4, -0.2) is 54.4 Å². The molecule has 0 bridgehead atoms. The van der Waals surface area contributed by atoms with Crippen LogP contribution in [-0.2, 0) is 9.53 Å². The van der Waals surface area contributed by atoms with Crippen LogP contribution in [0.4, 0.5) is 4.79 Å². The third-order valence-electron chi connectivity index (χ3n) is 3.46. The van der Waals surface area contributed by atoms with Gasteiger partial charge in [-0.3, -0.25) is 4.79 Å². The summed E-state index contributed by atoms with van der Waals surface area (Å²) in [4.78, 5) is 24.2. The van der Waals surface area contributed by atoms with E-state index in [1.165, 1.54) is 4.90 Å². The van der Waals surface area contributed by atoms with Crippen molar-refractivity contribution in [3.63, 3.8) is 0 Å². The summed E-state index contributed by atoms with van der Waals surface area (Å²) in [5.41, 5.74) is 0. The fraction of sp³-hybridized carbons (Fsp3) is 0.846. The number of aliphatic carboxylic acids is 1. The molecule has 3 atom stereocenters. The lowest BCUT2D eigenvalue weighted by atomic mass is 10.2. The second-order valence-corrected chi connectivity index (χ2v) is 5.10. The second kappa shape index (κ2) is 7.33. The van der Waals surface area contributed by atoms with Gasteiger partial charge in [-0.1, -0.05) is 6.92 Å². The van der Waals surface area contributed by atoms with Gasteiger partial charge in [-0.15, -0.1) is 0 Å². The van der Waals surface area contributed by atoms with Gasteiger partial charge in [0.25, 0.3) is 0 Å². The number of ether oxygens (including phenoxy) is 1. The predicted octanol–water partition coefficient (Wildman–Crippen LogP) is 1.31. The summed E-state index contributed by atoms with van der Waals surface area (Å²) in [5, 5.41) is 11.8. The molecule has 0 spiro atoms. The SMILES string of the molecule is CCO[C@@H]1CCC[C@H]1NC(=O)N(C)CC(C)C(=O)O. The molecule has 0 heterocycles. The van der Waals surface area contributed by atoms with Crippen LogP contribution in [0.2, 0.25) is 0 Å². The van der Waals surface area contributed by atoms with E-state index in [1.54, 1.807) is 14.0 Å². The monoisotopic (exact) mass is 272 g/mol. The van der Waals surface area contributed by atoms with Crippen molar-refractivity contribution in [1.29, 1.82) is 0 Å². The number of hydrogen-bond donors (Lipinski definition) is 2. The molecule has 0 aliphatic heterocycles. The van der Waals surface area contributed by atoms with Gasteiger partial charge in [0.05, 0.1) is 18.1 Å². The highest BCUT2D eigenvalue weighted by atomic mass is 16.5. The van der Waals surface area contributed by atoms with Crippen molar-refractivity contribution >= 4 is 12.0 Å². The van der Waals surface area contributed by atoms with Crippen molar-refractivity contribution in [3.8, 4) is 0 Å². The van der Waals surface area contributed by atoms with Crippen molar-refractivity contribution in [2.75, 3.05) is 20.2 Å². The highest BCUT2D eigenvalue weighted by Gasteiger charge is 2.30. The van der Waals surface area contributed by atoms with Crippen molar-refractivity contribution in [1.82, 2.24) is 10.2 Å². The molecule has 2 N–H and O–H groups in total. The molecule has 1 aliphatic rings. The minimum Gasteiger partial charge on any atom is -0.481 e. The Morgan fingerprint density at radius 3 is 2.74 bits per heavy atom. The number of nitrogens with one attached hydrogen (secondary N) is 1. The van der Waals surface area contributed by atoms with Gasteiger partial charge in [0.15, 0.2) is 0 Å². The number of rotatable bonds is 6. The molecule has 1 aliphatic carbocycles. The maximum absolute atomic E-state index is 12.0. The largest absolute Gasteiger partial charge is 0.481 e. The van der Waals surface area contributed by atoms with Crippen LogP contribution in [0.1, 0.15) is 33.1 Å². The molecular weight excluding hydrogens is 248 g/mol. The zero-order chi connectivity index (χ0) is 14.4. The number of amides is 2. The Kier molecular flexibility index (Phi) is 6.08. The molecule has 110 valence electrons. The first-order chi connectivity index (χ1) is 8.95. The Labute approximate surface area is 114 Å². The molecule has 19 heavy (non-hydrogen) atoms. The molecule has 0 saturated heterocycles. The molecular formula is C13H24N2O4. The topological polar surface area (TPSA) is 78.9 Å². The van der Waals surface area contributed by atoms with Crippen molar-refractivity contribution in [3.05, 3.63) is 0 Å². The number of carboxylic acid groups (broad SMARTS) is 1. The third-order valence-corrected chi connectivity index (χ3v) is 3.46. The van der Waals surface area contributed by atoms with Crippen LogP contribution in [0, 0.1) is 5.92 Å². The lowest BCUT2D eigenvalue weighted by Gasteiger charge is -2.25. The molecule has 2 amide bonds. The molecule has 1 rings (SSSR count). The van der Waals surface area contributed by atoms with Crippen LogP contribution in [0.3, 0.4) is 0 Å². The van der Waals surface area contributed by atoms with Gasteiger partial charge >= 0.3 is 12.0 Å². The Hall–Kier alpha value is -1.30. The van der Waals surface area contributed by atoms with Gasteiger partial charge in [-0.05, 0) is 26.2 Å². The highest BCUT2D eigenvalue weighted by molar-refractivity contribution is 5.76. The summed E-state index contributed by atoms with van der Waals surface area (Å²) in [5.74, 6) is -1.46. The molecule has 1 unspecified atom stereocenters. The standard InChI is InChI=1S/C13H24N2O4/c1-4-19-11-7-5-6-10(11)14-13(18)15(3)8-9(2)12(16)17/h9-11H,4-8H2,1-3H3,(H,14,18)(H,16,17)/t9?,10-,11-/m1/s1. The number of nitrogens with zero attached hydrogens (tertiary/aromatic N) is 1. The number of carbonyl (C=O) groups is 2. The highest BCUT2D eigenvalue weighted by Crippen LogP contribution is 2.22. The van der Waals surface area contributed by atoms with Gasteiger partial charge in [0.2, 0.25) is 0 Å². The molecule has 0 aromatic heterocycles. The fourth-order valence-electron chi connectivity index (χ4n) is 2.35. The Bertz CT molecular complexity index is 322. The van der Waals surface area contributed by atoms with Crippen molar-refractivity contribution in [2.24, 2.45) is 5.92 Å². The van der Waals surface area contributed by atoms with E-state index < -0.39 is 11.9 Å². The fourth-order valence-corrected chi connectivity index (χ4v) is 2.35. The molecule has 0 aromatic carbocycles. The summed E-state index contributed by atoms with van der Waals surface area (Å²) >= 11 is 0. The minimum atomic E-state index is -0.896. The third kappa shape index (κ3) is 4.70. The number of carboxylic acids is 1. The van der Waals surface area contributed by atoms with Gasteiger partial charge in [-0.2, -0.15) is 0 Å². The molecule has 1 fully saturated rings. The summed E-state index contributed by atoms with van der Waals surface area (Å²) in [6.07, 6.45) is 3.01. The Balaban J connectivity index is 2.43. The van der Waals surface area contributed by atoms with E-state index in [-0.39, 0.29) is 24.7 Å². The first kappa shape index (κ1) is 15.8. The van der Waals surface area contributed by atoms with E-state index in [2.05, 4.69) is 5.32 Å². The Morgan fingerprint density at radius 2 is 2.16 bits per heavy atom. The molecule has 6 nitrogen and oxygen atoms in total. The van der Waals surface area contributed by atoms with E-state index in [0.717, 1.165) is 19.3 Å². The maximum atomic E-state index is 12.0. The van der Waals surface area contributed by atoms with E-state index in [4.69, 9.17) is 9.84 Å². The van der Waals surface area contributed by atoms with E-state index in [9.17, 15) is 9.59 Å². The van der Waals surface area contributed by atoms with Gasteiger partial charge in [0.1, 0.15) is 0 Å². The number of hydrogen-bond acceptors (Lipinski definition) is 3. The minimum absolute atomic E-state index is 0.0371. The molecule has 0 radical (unpaired) electrons. The average molecular weight is 272 g/mol. The van der Waals surface area contributed by atoms with E-state index in [1.807, 2.05) is 6.92 Å². The normalized spacial score (nSPS) is 23.9. The lowest BCUT2D eigenvalue weighted by molar-refractivity contribution is -0.141. The first-order valence-electron chi connectivity index (χ1n) is 6.81. The summed E-state index contributed by atoms with van der Waals surface area (Å²) < 4.78 is 5.59. The summed E-state index contributed by atoms with van der Waals surface area (Å²) in [7, 11) is 1.61. The second-order valence-electron chi connectivity index (χ2n) is 5.10. The van der Waals surface area contributed by atoms with Gasteiger partial charge < -0.3 is 20.1 Å². The zero-order valence-electron chi connectivity index (χ0n) is 11.9. The maximum Gasteiger partial charge on any atom is 0.317 e. The molecule has 6 heteroatoms. The van der Waals surface area contributed by atoms with Crippen LogP contribution in [0.25, 0.3) is 0 Å². The number of carbonyl (C=O) groups excluding carboxylic acids is 1. The predicted molar refractivity (Wildman–Crippen MR) is 71.0 cm³/mol. The van der Waals surface area contributed by atoms with E-state index in [0.29, 0.717) is 6.61 Å². The molecule has 0 aromatic rings.